The van der Waals surface area contributed by atoms with Crippen molar-refractivity contribution in [3.05, 3.63) is 71.3 Å². The summed E-state index contributed by atoms with van der Waals surface area (Å²) in [5, 5.41) is 10.2. The molecule has 0 spiro atoms. The molecular weight excluding hydrogens is 244 g/mol. The summed E-state index contributed by atoms with van der Waals surface area (Å²) in [5.74, 6) is 0. The van der Waals surface area contributed by atoms with Gasteiger partial charge in [-0.2, -0.15) is 0 Å². The second-order valence-electron chi connectivity index (χ2n) is 6.41. The molecule has 0 saturated heterocycles. The molecule has 0 amide bonds. The maximum atomic E-state index is 10.2. The van der Waals surface area contributed by atoms with Gasteiger partial charge in [0.2, 0.25) is 0 Å². The van der Waals surface area contributed by atoms with Crippen molar-refractivity contribution >= 4 is 0 Å². The Bertz CT molecular complexity index is 520. The Kier molecular flexibility index (Phi) is 4.61. The Hall–Kier alpha value is -1.60. The molecule has 0 radical (unpaired) electrons. The molecule has 2 rings (SSSR count). The first-order valence-electron chi connectivity index (χ1n) is 7.29. The molecule has 2 aromatic carbocycles. The molecule has 1 heteroatoms. The van der Waals surface area contributed by atoms with Gasteiger partial charge in [-0.25, -0.2) is 0 Å². The molecule has 0 aliphatic carbocycles. The quantitative estimate of drug-likeness (QED) is 0.855. The third-order valence-corrected chi connectivity index (χ3v) is 3.71. The van der Waals surface area contributed by atoms with Crippen LogP contribution < -0.4 is 0 Å². The minimum Gasteiger partial charge on any atom is -0.388 e. The Balaban J connectivity index is 1.94. The zero-order chi connectivity index (χ0) is 14.6. The maximum Gasteiger partial charge on any atom is 0.0793 e. The van der Waals surface area contributed by atoms with E-state index in [2.05, 4.69) is 45.0 Å². The average molecular weight is 268 g/mol. The highest BCUT2D eigenvalue weighted by Crippen LogP contribution is 2.23. The second kappa shape index (κ2) is 6.23. The van der Waals surface area contributed by atoms with Crippen molar-refractivity contribution in [2.45, 2.75) is 45.1 Å². The molecule has 0 aliphatic heterocycles. The molecule has 20 heavy (non-hydrogen) atoms. The highest BCUT2D eigenvalue weighted by molar-refractivity contribution is 5.28. The molecule has 0 aliphatic rings. The van der Waals surface area contributed by atoms with E-state index in [1.807, 2.05) is 30.3 Å². The number of hydrogen-bond donors (Lipinski definition) is 1. The van der Waals surface area contributed by atoms with Gasteiger partial charge in [-0.1, -0.05) is 75.4 Å². The number of hydrogen-bond acceptors (Lipinski definition) is 1. The Labute approximate surface area is 122 Å². The summed E-state index contributed by atoms with van der Waals surface area (Å²) >= 11 is 0. The zero-order valence-electron chi connectivity index (χ0n) is 12.6. The lowest BCUT2D eigenvalue weighted by molar-refractivity contribution is 0.168. The van der Waals surface area contributed by atoms with E-state index in [9.17, 15) is 5.11 Å². The number of rotatable bonds is 4. The first kappa shape index (κ1) is 14.8. The average Bonchev–Trinajstić information content (AvgIpc) is 2.45. The van der Waals surface area contributed by atoms with Crippen LogP contribution in [0.3, 0.4) is 0 Å². The van der Waals surface area contributed by atoms with Gasteiger partial charge in [0, 0.05) is 0 Å². The normalized spacial score (nSPS) is 13.2. The van der Waals surface area contributed by atoms with Crippen LogP contribution in [-0.2, 0) is 11.8 Å². The van der Waals surface area contributed by atoms with Gasteiger partial charge in [0.05, 0.1) is 6.10 Å². The topological polar surface area (TPSA) is 20.2 Å². The van der Waals surface area contributed by atoms with Crippen LogP contribution in [0.2, 0.25) is 0 Å². The molecule has 1 N–H and O–H groups in total. The molecule has 0 saturated carbocycles. The zero-order valence-corrected chi connectivity index (χ0v) is 12.6. The summed E-state index contributed by atoms with van der Waals surface area (Å²) < 4.78 is 0. The molecule has 1 atom stereocenters. The van der Waals surface area contributed by atoms with Crippen molar-refractivity contribution in [3.8, 4) is 0 Å². The van der Waals surface area contributed by atoms with Gasteiger partial charge >= 0.3 is 0 Å². The number of aryl methyl sites for hydroxylation is 1. The van der Waals surface area contributed by atoms with Gasteiger partial charge in [0.1, 0.15) is 0 Å². The van der Waals surface area contributed by atoms with Crippen LogP contribution in [0.15, 0.2) is 54.6 Å². The predicted molar refractivity (Wildman–Crippen MR) is 84.9 cm³/mol. The summed E-state index contributed by atoms with van der Waals surface area (Å²) in [6.45, 7) is 6.67. The van der Waals surface area contributed by atoms with E-state index in [4.69, 9.17) is 0 Å². The van der Waals surface area contributed by atoms with Crippen LogP contribution >= 0.6 is 0 Å². The molecule has 106 valence electrons. The molecule has 1 unspecified atom stereocenters. The first-order chi connectivity index (χ1) is 9.47. The van der Waals surface area contributed by atoms with Crippen molar-refractivity contribution in [3.63, 3.8) is 0 Å². The van der Waals surface area contributed by atoms with Gasteiger partial charge in [-0.15, -0.1) is 0 Å². The van der Waals surface area contributed by atoms with Crippen LogP contribution in [0.4, 0.5) is 0 Å². The minimum atomic E-state index is -0.376. The van der Waals surface area contributed by atoms with Crippen LogP contribution in [0.5, 0.6) is 0 Å². The second-order valence-corrected chi connectivity index (χ2v) is 6.41. The van der Waals surface area contributed by atoms with E-state index >= 15 is 0 Å². The molecule has 0 heterocycles. The lowest BCUT2D eigenvalue weighted by Crippen LogP contribution is -2.10. The van der Waals surface area contributed by atoms with Crippen LogP contribution in [0, 0.1) is 0 Å². The highest BCUT2D eigenvalue weighted by Gasteiger charge is 2.13. The fraction of sp³-hybridized carbons (Fsp3) is 0.368. The summed E-state index contributed by atoms with van der Waals surface area (Å²) in [6, 6.07) is 18.6. The van der Waals surface area contributed by atoms with Crippen molar-refractivity contribution in [1.29, 1.82) is 0 Å². The van der Waals surface area contributed by atoms with Crippen molar-refractivity contribution in [2.75, 3.05) is 0 Å². The van der Waals surface area contributed by atoms with E-state index < -0.39 is 0 Å². The third kappa shape index (κ3) is 3.94. The molecular formula is C19H24O. The molecule has 0 bridgehead atoms. The van der Waals surface area contributed by atoms with E-state index in [1.54, 1.807) is 0 Å². The lowest BCUT2D eigenvalue weighted by Gasteiger charge is -2.19. The van der Waals surface area contributed by atoms with E-state index in [0.29, 0.717) is 0 Å². The SMILES string of the molecule is CC(C)(C)c1ccc(CCC(O)c2ccccc2)cc1. The monoisotopic (exact) mass is 268 g/mol. The van der Waals surface area contributed by atoms with Crippen LogP contribution in [-0.4, -0.2) is 5.11 Å². The van der Waals surface area contributed by atoms with Crippen molar-refractivity contribution in [2.24, 2.45) is 0 Å². The fourth-order valence-corrected chi connectivity index (χ4v) is 2.32. The van der Waals surface area contributed by atoms with Crippen molar-refractivity contribution in [1.82, 2.24) is 0 Å². The smallest absolute Gasteiger partial charge is 0.0793 e. The third-order valence-electron chi connectivity index (χ3n) is 3.71. The Morgan fingerprint density at radius 3 is 2.05 bits per heavy atom. The summed E-state index contributed by atoms with van der Waals surface area (Å²) in [5.41, 5.74) is 3.83. The standard InChI is InChI=1S/C19H24O/c1-19(2,3)17-12-9-15(10-13-17)11-14-18(20)16-7-5-4-6-8-16/h4-10,12-13,18,20H,11,14H2,1-3H3. The highest BCUT2D eigenvalue weighted by atomic mass is 16.3. The maximum absolute atomic E-state index is 10.2. The molecule has 2 aromatic rings. The van der Waals surface area contributed by atoms with Crippen LogP contribution in [0.25, 0.3) is 0 Å². The fourth-order valence-electron chi connectivity index (χ4n) is 2.32. The molecule has 0 fully saturated rings. The number of benzene rings is 2. The van der Waals surface area contributed by atoms with Crippen LogP contribution in [0.1, 0.15) is 50.0 Å². The molecule has 1 nitrogen and oxygen atoms in total. The molecule has 0 aromatic heterocycles. The van der Waals surface area contributed by atoms with Gasteiger partial charge in [-0.05, 0) is 34.9 Å². The minimum absolute atomic E-state index is 0.197. The lowest BCUT2D eigenvalue weighted by atomic mass is 9.86. The number of aliphatic hydroxyl groups excluding tert-OH is 1. The van der Waals surface area contributed by atoms with E-state index in [1.165, 1.54) is 11.1 Å². The summed E-state index contributed by atoms with van der Waals surface area (Å²) in [7, 11) is 0. The Morgan fingerprint density at radius 2 is 1.50 bits per heavy atom. The van der Waals surface area contributed by atoms with Gasteiger partial charge in [-0.3, -0.25) is 0 Å². The van der Waals surface area contributed by atoms with Gasteiger partial charge < -0.3 is 5.11 Å². The summed E-state index contributed by atoms with van der Waals surface area (Å²) in [4.78, 5) is 0. The predicted octanol–water partition coefficient (Wildman–Crippen LogP) is 4.65. The first-order valence-corrected chi connectivity index (χ1v) is 7.29. The van der Waals surface area contributed by atoms with Gasteiger partial charge in [0.15, 0.2) is 0 Å². The van der Waals surface area contributed by atoms with Gasteiger partial charge in [0.25, 0.3) is 0 Å². The Morgan fingerprint density at radius 1 is 0.900 bits per heavy atom. The van der Waals surface area contributed by atoms with Crippen molar-refractivity contribution < 1.29 is 5.11 Å². The van der Waals surface area contributed by atoms with E-state index in [0.717, 1.165) is 18.4 Å². The number of aliphatic hydroxyl groups is 1. The van der Waals surface area contributed by atoms with E-state index in [-0.39, 0.29) is 11.5 Å². The largest absolute Gasteiger partial charge is 0.388 e. The summed E-state index contributed by atoms with van der Waals surface area (Å²) in [6.07, 6.45) is 1.29.